The molecule has 2 aromatic carbocycles. The number of amides is 1. The van der Waals surface area contributed by atoms with Crippen molar-refractivity contribution >= 4 is 23.4 Å². The molecule has 0 heterocycles. The van der Waals surface area contributed by atoms with E-state index in [4.69, 9.17) is 0 Å². The summed E-state index contributed by atoms with van der Waals surface area (Å²) in [7, 11) is 0. The number of halogens is 3. The van der Waals surface area contributed by atoms with Crippen molar-refractivity contribution < 1.29 is 18.0 Å². The third kappa shape index (κ3) is 4.80. The number of nitrogens with one attached hydrogen (secondary N) is 1. The standard InChI is InChI=1S/C16H14F3NOS/c17-12-4-2-5-13(9-12)20-15(21)7-8-22-10-11-3-1-6-14(18)16(11)19/h1-6,9H,7-8,10H2,(H,20,21). The minimum absolute atomic E-state index is 0.206. The van der Waals surface area contributed by atoms with Gasteiger partial charge in [0.05, 0.1) is 0 Å². The molecule has 0 fully saturated rings. The normalized spacial score (nSPS) is 10.5. The van der Waals surface area contributed by atoms with Gasteiger partial charge in [-0.2, -0.15) is 11.8 Å². The number of carbonyl (C=O) groups excluding carboxylic acids is 1. The van der Waals surface area contributed by atoms with Crippen LogP contribution >= 0.6 is 11.8 Å². The summed E-state index contributed by atoms with van der Waals surface area (Å²) >= 11 is 1.33. The lowest BCUT2D eigenvalue weighted by Crippen LogP contribution is -2.12. The zero-order valence-electron chi connectivity index (χ0n) is 11.6. The van der Waals surface area contributed by atoms with Crippen LogP contribution in [0.25, 0.3) is 0 Å². The van der Waals surface area contributed by atoms with Crippen molar-refractivity contribution in [1.29, 1.82) is 0 Å². The van der Waals surface area contributed by atoms with E-state index in [1.807, 2.05) is 0 Å². The van der Waals surface area contributed by atoms with Crippen LogP contribution in [0.4, 0.5) is 18.9 Å². The lowest BCUT2D eigenvalue weighted by atomic mass is 10.2. The topological polar surface area (TPSA) is 29.1 Å². The Kier molecular flexibility index (Phi) is 5.89. The molecule has 0 unspecified atom stereocenters. The number of hydrogen-bond acceptors (Lipinski definition) is 2. The second-order valence-corrected chi connectivity index (χ2v) is 5.68. The van der Waals surface area contributed by atoms with Gasteiger partial charge in [0.25, 0.3) is 0 Å². The zero-order valence-corrected chi connectivity index (χ0v) is 12.4. The molecule has 22 heavy (non-hydrogen) atoms. The molecule has 0 saturated heterocycles. The van der Waals surface area contributed by atoms with Gasteiger partial charge in [-0.05, 0) is 24.3 Å². The highest BCUT2D eigenvalue weighted by atomic mass is 32.2. The van der Waals surface area contributed by atoms with Crippen LogP contribution in [0.3, 0.4) is 0 Å². The van der Waals surface area contributed by atoms with Crippen molar-refractivity contribution in [3.63, 3.8) is 0 Å². The van der Waals surface area contributed by atoms with Gasteiger partial charge in [0.1, 0.15) is 5.82 Å². The van der Waals surface area contributed by atoms with Gasteiger partial charge in [0.15, 0.2) is 11.6 Å². The van der Waals surface area contributed by atoms with Gasteiger partial charge in [0, 0.05) is 29.2 Å². The molecule has 0 aliphatic carbocycles. The molecular formula is C16H14F3NOS. The molecule has 1 N–H and O–H groups in total. The molecule has 0 aliphatic heterocycles. The van der Waals surface area contributed by atoms with E-state index in [1.54, 1.807) is 6.07 Å². The summed E-state index contributed by atoms with van der Waals surface area (Å²) in [6.07, 6.45) is 0.206. The molecule has 2 aromatic rings. The molecule has 116 valence electrons. The van der Waals surface area contributed by atoms with Crippen LogP contribution < -0.4 is 5.32 Å². The first kappa shape index (κ1) is 16.4. The second kappa shape index (κ2) is 7.89. The fourth-order valence-corrected chi connectivity index (χ4v) is 2.71. The maximum Gasteiger partial charge on any atom is 0.225 e. The van der Waals surface area contributed by atoms with Crippen LogP contribution in [0.1, 0.15) is 12.0 Å². The Hall–Kier alpha value is -1.95. The minimum Gasteiger partial charge on any atom is -0.326 e. The van der Waals surface area contributed by atoms with E-state index in [1.165, 1.54) is 42.1 Å². The number of hydrogen-bond donors (Lipinski definition) is 1. The van der Waals surface area contributed by atoms with E-state index in [-0.39, 0.29) is 23.6 Å². The minimum atomic E-state index is -0.873. The van der Waals surface area contributed by atoms with E-state index < -0.39 is 17.5 Å². The third-order valence-electron chi connectivity index (χ3n) is 2.87. The van der Waals surface area contributed by atoms with Crippen LogP contribution in [0.15, 0.2) is 42.5 Å². The fraction of sp³-hybridized carbons (Fsp3) is 0.188. The van der Waals surface area contributed by atoms with Gasteiger partial charge >= 0.3 is 0 Å². The number of rotatable bonds is 6. The molecule has 0 atom stereocenters. The summed E-state index contributed by atoms with van der Waals surface area (Å²) in [6, 6.07) is 9.65. The predicted molar refractivity (Wildman–Crippen MR) is 82.2 cm³/mol. The number of anilines is 1. The molecule has 0 bridgehead atoms. The first-order valence-electron chi connectivity index (χ1n) is 6.62. The van der Waals surface area contributed by atoms with Gasteiger partial charge in [-0.25, -0.2) is 13.2 Å². The SMILES string of the molecule is O=C(CCSCc1cccc(F)c1F)Nc1cccc(F)c1. The Morgan fingerprint density at radius 1 is 1.09 bits per heavy atom. The number of carbonyl (C=O) groups is 1. The van der Waals surface area contributed by atoms with Crippen LogP contribution in [-0.2, 0) is 10.5 Å². The molecule has 2 nitrogen and oxygen atoms in total. The summed E-state index contributed by atoms with van der Waals surface area (Å²) in [5.41, 5.74) is 0.668. The van der Waals surface area contributed by atoms with Crippen LogP contribution in [0.2, 0.25) is 0 Å². The maximum absolute atomic E-state index is 13.4. The predicted octanol–water partition coefficient (Wildman–Crippen LogP) is 4.37. The van der Waals surface area contributed by atoms with Crippen LogP contribution in [0.5, 0.6) is 0 Å². The first-order valence-corrected chi connectivity index (χ1v) is 7.78. The van der Waals surface area contributed by atoms with E-state index in [0.29, 0.717) is 11.4 Å². The summed E-state index contributed by atoms with van der Waals surface area (Å²) < 4.78 is 39.4. The van der Waals surface area contributed by atoms with Crippen molar-refractivity contribution in [3.8, 4) is 0 Å². The summed E-state index contributed by atoms with van der Waals surface area (Å²) in [5.74, 6) is -1.65. The van der Waals surface area contributed by atoms with E-state index >= 15 is 0 Å². The number of benzene rings is 2. The van der Waals surface area contributed by atoms with Gasteiger partial charge in [-0.3, -0.25) is 4.79 Å². The molecule has 0 saturated carbocycles. The molecule has 0 spiro atoms. The van der Waals surface area contributed by atoms with Crippen LogP contribution in [0, 0.1) is 17.5 Å². The smallest absolute Gasteiger partial charge is 0.225 e. The Morgan fingerprint density at radius 2 is 1.86 bits per heavy atom. The fourth-order valence-electron chi connectivity index (χ4n) is 1.80. The van der Waals surface area contributed by atoms with Crippen molar-refractivity contribution in [1.82, 2.24) is 0 Å². The van der Waals surface area contributed by atoms with Crippen molar-refractivity contribution in [2.45, 2.75) is 12.2 Å². The zero-order chi connectivity index (χ0) is 15.9. The highest BCUT2D eigenvalue weighted by molar-refractivity contribution is 7.98. The average Bonchev–Trinajstić information content (AvgIpc) is 2.48. The van der Waals surface area contributed by atoms with E-state index in [9.17, 15) is 18.0 Å². The first-order chi connectivity index (χ1) is 10.6. The summed E-state index contributed by atoms with van der Waals surface area (Å²) in [6.45, 7) is 0. The lowest BCUT2D eigenvalue weighted by Gasteiger charge is -2.06. The Morgan fingerprint density at radius 3 is 2.64 bits per heavy atom. The van der Waals surface area contributed by atoms with Gasteiger partial charge in [-0.15, -0.1) is 0 Å². The van der Waals surface area contributed by atoms with E-state index in [0.717, 1.165) is 6.07 Å². The summed E-state index contributed by atoms with van der Waals surface area (Å²) in [4.78, 5) is 11.7. The third-order valence-corrected chi connectivity index (χ3v) is 3.88. The second-order valence-electron chi connectivity index (χ2n) is 4.57. The Balaban J connectivity index is 1.74. The summed E-state index contributed by atoms with van der Waals surface area (Å²) in [5, 5.41) is 2.58. The maximum atomic E-state index is 13.4. The van der Waals surface area contributed by atoms with Gasteiger partial charge in [-0.1, -0.05) is 18.2 Å². The quantitative estimate of drug-likeness (QED) is 0.799. The van der Waals surface area contributed by atoms with Crippen molar-refractivity contribution in [3.05, 3.63) is 65.5 Å². The van der Waals surface area contributed by atoms with Gasteiger partial charge < -0.3 is 5.32 Å². The van der Waals surface area contributed by atoms with E-state index in [2.05, 4.69) is 5.32 Å². The molecule has 0 aromatic heterocycles. The number of thioether (sulfide) groups is 1. The van der Waals surface area contributed by atoms with Crippen molar-refractivity contribution in [2.24, 2.45) is 0 Å². The van der Waals surface area contributed by atoms with Crippen LogP contribution in [-0.4, -0.2) is 11.7 Å². The molecule has 0 radical (unpaired) electrons. The van der Waals surface area contributed by atoms with Crippen molar-refractivity contribution in [2.75, 3.05) is 11.1 Å². The molecule has 6 heteroatoms. The molecule has 2 rings (SSSR count). The highest BCUT2D eigenvalue weighted by Crippen LogP contribution is 2.18. The average molecular weight is 325 g/mol. The monoisotopic (exact) mass is 325 g/mol. The Labute approximate surface area is 130 Å². The molecular weight excluding hydrogens is 311 g/mol. The van der Waals surface area contributed by atoms with Gasteiger partial charge in [0.2, 0.25) is 5.91 Å². The largest absolute Gasteiger partial charge is 0.326 e. The molecule has 0 aliphatic rings. The highest BCUT2D eigenvalue weighted by Gasteiger charge is 2.08. The Bertz CT molecular complexity index is 664. The molecule has 1 amide bonds. The lowest BCUT2D eigenvalue weighted by molar-refractivity contribution is -0.115.